The third-order valence-corrected chi connectivity index (χ3v) is 3.43. The summed E-state index contributed by atoms with van der Waals surface area (Å²) in [6, 6.07) is 3.98. The van der Waals surface area contributed by atoms with Crippen molar-refractivity contribution in [2.75, 3.05) is 13.2 Å². The highest BCUT2D eigenvalue weighted by Crippen LogP contribution is 2.27. The predicted molar refractivity (Wildman–Crippen MR) is 76.3 cm³/mol. The van der Waals surface area contributed by atoms with Crippen LogP contribution in [0.3, 0.4) is 0 Å². The van der Waals surface area contributed by atoms with Crippen LogP contribution in [-0.4, -0.2) is 24.3 Å². The smallest absolute Gasteiger partial charge is 0.125 e. The summed E-state index contributed by atoms with van der Waals surface area (Å²) in [6.45, 7) is 5.63. The van der Waals surface area contributed by atoms with Gasteiger partial charge in [0, 0.05) is 18.4 Å². The second kappa shape index (κ2) is 5.67. The van der Waals surface area contributed by atoms with Gasteiger partial charge in [0.25, 0.3) is 0 Å². The van der Waals surface area contributed by atoms with Gasteiger partial charge in [0.15, 0.2) is 0 Å². The molecule has 0 spiro atoms. The fourth-order valence-corrected chi connectivity index (χ4v) is 2.36. The zero-order valence-electron chi connectivity index (χ0n) is 10.9. The van der Waals surface area contributed by atoms with Crippen LogP contribution in [-0.2, 0) is 4.74 Å². The van der Waals surface area contributed by atoms with Crippen molar-refractivity contribution in [3.05, 3.63) is 28.8 Å². The van der Waals surface area contributed by atoms with Gasteiger partial charge in [0.1, 0.15) is 16.8 Å². The van der Waals surface area contributed by atoms with Crippen LogP contribution in [0.4, 0.5) is 0 Å². The van der Waals surface area contributed by atoms with E-state index in [1.165, 1.54) is 0 Å². The molecule has 0 unspecified atom stereocenters. The molecule has 1 heterocycles. The highest BCUT2D eigenvalue weighted by molar-refractivity contribution is 7.80. The molecule has 4 heteroatoms. The van der Waals surface area contributed by atoms with E-state index in [0.717, 1.165) is 48.5 Å². The summed E-state index contributed by atoms with van der Waals surface area (Å²) >= 11 is 5.01. The maximum Gasteiger partial charge on any atom is 0.125 e. The summed E-state index contributed by atoms with van der Waals surface area (Å²) in [7, 11) is 0. The molecule has 1 fully saturated rings. The van der Waals surface area contributed by atoms with Gasteiger partial charge in [-0.05, 0) is 37.1 Å². The third-order valence-electron chi connectivity index (χ3n) is 3.20. The number of thiocarbonyl (C=S) groups is 1. The van der Waals surface area contributed by atoms with Crippen molar-refractivity contribution in [3.63, 3.8) is 0 Å². The molecule has 0 radical (unpaired) electrons. The molecule has 98 valence electrons. The molecule has 2 rings (SSSR count). The molecule has 0 saturated carbocycles. The molecule has 1 aliphatic heterocycles. The lowest BCUT2D eigenvalue weighted by molar-refractivity contribution is 0.0250. The number of aryl methyl sites for hydroxylation is 2. The van der Waals surface area contributed by atoms with E-state index in [1.54, 1.807) is 0 Å². The highest BCUT2D eigenvalue weighted by Gasteiger charge is 2.17. The number of rotatable bonds is 3. The third kappa shape index (κ3) is 3.00. The minimum atomic E-state index is 0.256. The van der Waals surface area contributed by atoms with Crippen molar-refractivity contribution in [1.82, 2.24) is 0 Å². The Labute approximate surface area is 113 Å². The van der Waals surface area contributed by atoms with Crippen LogP contribution in [0.15, 0.2) is 12.1 Å². The van der Waals surface area contributed by atoms with Crippen LogP contribution in [0.5, 0.6) is 5.75 Å². The lowest BCUT2D eigenvalue weighted by Gasteiger charge is -2.25. The SMILES string of the molecule is Cc1cc(C(N)=S)cc(C)c1OC1CCOCC1. The van der Waals surface area contributed by atoms with E-state index in [1.807, 2.05) is 26.0 Å². The number of ether oxygens (including phenoxy) is 2. The van der Waals surface area contributed by atoms with Crippen molar-refractivity contribution in [3.8, 4) is 5.75 Å². The molecule has 1 aliphatic rings. The van der Waals surface area contributed by atoms with Crippen LogP contribution >= 0.6 is 12.2 Å². The molecule has 1 saturated heterocycles. The maximum atomic E-state index is 6.09. The van der Waals surface area contributed by atoms with Gasteiger partial charge >= 0.3 is 0 Å². The summed E-state index contributed by atoms with van der Waals surface area (Å²) in [5, 5.41) is 0. The summed E-state index contributed by atoms with van der Waals surface area (Å²) in [6.07, 6.45) is 2.16. The Balaban J connectivity index is 2.19. The molecule has 0 aromatic heterocycles. The molecule has 0 bridgehead atoms. The lowest BCUT2D eigenvalue weighted by Crippen LogP contribution is -2.26. The Morgan fingerprint density at radius 3 is 2.33 bits per heavy atom. The Hall–Kier alpha value is -1.13. The van der Waals surface area contributed by atoms with E-state index in [9.17, 15) is 0 Å². The molecule has 0 atom stereocenters. The minimum absolute atomic E-state index is 0.256. The van der Waals surface area contributed by atoms with Gasteiger partial charge in [0.05, 0.1) is 13.2 Å². The molecule has 1 aromatic rings. The lowest BCUT2D eigenvalue weighted by atomic mass is 10.0. The molecule has 0 aliphatic carbocycles. The fourth-order valence-electron chi connectivity index (χ4n) is 2.24. The normalized spacial score (nSPS) is 16.6. The van der Waals surface area contributed by atoms with E-state index < -0.39 is 0 Å². The first kappa shape index (κ1) is 13.3. The van der Waals surface area contributed by atoms with E-state index >= 15 is 0 Å². The van der Waals surface area contributed by atoms with Gasteiger partial charge in [0.2, 0.25) is 0 Å². The minimum Gasteiger partial charge on any atom is -0.490 e. The van der Waals surface area contributed by atoms with E-state index in [2.05, 4.69) is 0 Å². The van der Waals surface area contributed by atoms with Crippen LogP contribution < -0.4 is 10.5 Å². The second-order valence-corrected chi connectivity index (χ2v) is 5.17. The topological polar surface area (TPSA) is 44.5 Å². The van der Waals surface area contributed by atoms with Gasteiger partial charge < -0.3 is 15.2 Å². The first-order valence-electron chi connectivity index (χ1n) is 6.23. The average Bonchev–Trinajstić information content (AvgIpc) is 2.34. The number of hydrogen-bond acceptors (Lipinski definition) is 3. The molecule has 2 N–H and O–H groups in total. The Morgan fingerprint density at radius 1 is 1.28 bits per heavy atom. The molecule has 1 aromatic carbocycles. The quantitative estimate of drug-likeness (QED) is 0.853. The first-order valence-corrected chi connectivity index (χ1v) is 6.64. The molecule has 18 heavy (non-hydrogen) atoms. The number of nitrogens with two attached hydrogens (primary N) is 1. The largest absolute Gasteiger partial charge is 0.490 e. The van der Waals surface area contributed by atoms with Gasteiger partial charge in [-0.2, -0.15) is 0 Å². The number of hydrogen-bond donors (Lipinski definition) is 1. The second-order valence-electron chi connectivity index (χ2n) is 4.73. The van der Waals surface area contributed by atoms with Crippen molar-refractivity contribution in [1.29, 1.82) is 0 Å². The van der Waals surface area contributed by atoms with Crippen molar-refractivity contribution in [2.45, 2.75) is 32.8 Å². The average molecular weight is 265 g/mol. The maximum absolute atomic E-state index is 6.09. The predicted octanol–water partition coefficient (Wildman–Crippen LogP) is 2.50. The van der Waals surface area contributed by atoms with Crippen LogP contribution in [0.1, 0.15) is 29.5 Å². The van der Waals surface area contributed by atoms with Crippen LogP contribution in [0.25, 0.3) is 0 Å². The molecular formula is C14H19NO2S. The van der Waals surface area contributed by atoms with Crippen LogP contribution in [0.2, 0.25) is 0 Å². The Kier molecular flexibility index (Phi) is 4.19. The summed E-state index contributed by atoms with van der Waals surface area (Å²) in [5.41, 5.74) is 8.74. The number of benzene rings is 1. The standard InChI is InChI=1S/C14H19NO2S/c1-9-7-11(14(15)18)8-10(2)13(9)17-12-3-5-16-6-4-12/h7-8,12H,3-6H2,1-2H3,(H2,15,18). The Morgan fingerprint density at radius 2 is 1.83 bits per heavy atom. The molecule has 0 amide bonds. The van der Waals surface area contributed by atoms with Gasteiger partial charge in [-0.15, -0.1) is 0 Å². The van der Waals surface area contributed by atoms with Crippen LogP contribution in [0, 0.1) is 13.8 Å². The summed E-state index contributed by atoms with van der Waals surface area (Å²) in [5.74, 6) is 0.960. The first-order chi connectivity index (χ1) is 8.58. The Bertz CT molecular complexity index is 430. The van der Waals surface area contributed by atoms with Gasteiger partial charge in [-0.1, -0.05) is 12.2 Å². The monoisotopic (exact) mass is 265 g/mol. The molecule has 3 nitrogen and oxygen atoms in total. The van der Waals surface area contributed by atoms with E-state index in [-0.39, 0.29) is 6.10 Å². The summed E-state index contributed by atoms with van der Waals surface area (Å²) in [4.78, 5) is 0.429. The zero-order chi connectivity index (χ0) is 13.1. The van der Waals surface area contributed by atoms with E-state index in [0.29, 0.717) is 4.99 Å². The fraction of sp³-hybridized carbons (Fsp3) is 0.500. The molecular weight excluding hydrogens is 246 g/mol. The van der Waals surface area contributed by atoms with Crippen molar-refractivity contribution >= 4 is 17.2 Å². The summed E-state index contributed by atoms with van der Waals surface area (Å²) < 4.78 is 11.4. The highest BCUT2D eigenvalue weighted by atomic mass is 32.1. The van der Waals surface area contributed by atoms with E-state index in [4.69, 9.17) is 27.4 Å². The van der Waals surface area contributed by atoms with Crippen molar-refractivity contribution in [2.24, 2.45) is 5.73 Å². The zero-order valence-corrected chi connectivity index (χ0v) is 11.7. The van der Waals surface area contributed by atoms with Gasteiger partial charge in [-0.25, -0.2) is 0 Å². The van der Waals surface area contributed by atoms with Crippen molar-refractivity contribution < 1.29 is 9.47 Å². The van der Waals surface area contributed by atoms with Gasteiger partial charge in [-0.3, -0.25) is 0 Å².